The Bertz CT molecular complexity index is 505. The first-order valence-corrected chi connectivity index (χ1v) is 6.37. The van der Waals surface area contributed by atoms with Gasteiger partial charge in [-0.2, -0.15) is 0 Å². The largest absolute Gasteiger partial charge is 0.478 e. The van der Waals surface area contributed by atoms with Crippen LogP contribution in [0.15, 0.2) is 18.2 Å². The minimum atomic E-state index is -0.915. The molecule has 0 bridgehead atoms. The van der Waals surface area contributed by atoms with Gasteiger partial charge in [-0.15, -0.1) is 0 Å². The van der Waals surface area contributed by atoms with Crippen LogP contribution >= 0.6 is 0 Å². The molecule has 5 heteroatoms. The molecule has 3 N–H and O–H groups in total. The van der Waals surface area contributed by atoms with Gasteiger partial charge in [0.2, 0.25) is 5.91 Å². The van der Waals surface area contributed by atoms with E-state index in [1.165, 1.54) is 0 Å². The molecule has 1 saturated heterocycles. The molecular formula is C14H18N2O3. The number of aryl methyl sites for hydroxylation is 1. The minimum Gasteiger partial charge on any atom is -0.478 e. The van der Waals surface area contributed by atoms with Crippen molar-refractivity contribution in [3.05, 3.63) is 29.3 Å². The van der Waals surface area contributed by atoms with Gasteiger partial charge in [-0.25, -0.2) is 4.79 Å². The molecule has 1 aromatic rings. The lowest BCUT2D eigenvalue weighted by Crippen LogP contribution is -2.38. The average Bonchev–Trinajstić information content (AvgIpc) is 2.38. The van der Waals surface area contributed by atoms with Gasteiger partial charge in [-0.1, -0.05) is 0 Å². The average molecular weight is 262 g/mol. The van der Waals surface area contributed by atoms with Crippen LogP contribution in [0.4, 0.5) is 5.69 Å². The number of aromatic carboxylic acids is 1. The van der Waals surface area contributed by atoms with E-state index in [0.29, 0.717) is 5.56 Å². The fraction of sp³-hybridized carbons (Fsp3) is 0.429. The predicted octanol–water partition coefficient (Wildman–Crippen LogP) is 1.39. The molecule has 2 rings (SSSR count). The zero-order chi connectivity index (χ0) is 14.0. The lowest BCUT2D eigenvalue weighted by atomic mass is 9.95. The summed E-state index contributed by atoms with van der Waals surface area (Å²) in [6.45, 7) is 3.46. The van der Waals surface area contributed by atoms with Gasteiger partial charge in [-0.05, 0) is 43.5 Å². The summed E-state index contributed by atoms with van der Waals surface area (Å²) in [6, 6.07) is 5.13. The highest BCUT2D eigenvalue weighted by Crippen LogP contribution is 2.26. The van der Waals surface area contributed by atoms with E-state index in [0.717, 1.165) is 37.2 Å². The van der Waals surface area contributed by atoms with Crippen LogP contribution in [-0.2, 0) is 4.79 Å². The van der Waals surface area contributed by atoms with Crippen molar-refractivity contribution < 1.29 is 14.7 Å². The van der Waals surface area contributed by atoms with Crippen molar-refractivity contribution in [1.29, 1.82) is 0 Å². The van der Waals surface area contributed by atoms with Crippen molar-refractivity contribution in [3.8, 4) is 0 Å². The number of benzene rings is 1. The van der Waals surface area contributed by atoms with E-state index < -0.39 is 5.97 Å². The van der Waals surface area contributed by atoms with Crippen LogP contribution in [0.1, 0.15) is 28.8 Å². The number of primary amides is 1. The third kappa shape index (κ3) is 2.86. The Balaban J connectivity index is 2.11. The van der Waals surface area contributed by atoms with Gasteiger partial charge in [-0.3, -0.25) is 4.79 Å². The smallest absolute Gasteiger partial charge is 0.335 e. The zero-order valence-corrected chi connectivity index (χ0v) is 10.9. The Labute approximate surface area is 112 Å². The number of nitrogens with two attached hydrogens (primary N) is 1. The van der Waals surface area contributed by atoms with Crippen LogP contribution in [0.25, 0.3) is 0 Å². The van der Waals surface area contributed by atoms with E-state index in [4.69, 9.17) is 10.8 Å². The minimum absolute atomic E-state index is 0.0325. The molecule has 1 fully saturated rings. The number of carbonyl (C=O) groups is 2. The lowest BCUT2D eigenvalue weighted by Gasteiger charge is -2.33. The molecule has 1 aliphatic rings. The first-order valence-electron chi connectivity index (χ1n) is 6.37. The molecule has 1 amide bonds. The molecule has 0 atom stereocenters. The second-order valence-corrected chi connectivity index (χ2v) is 4.97. The predicted molar refractivity (Wildman–Crippen MR) is 72.3 cm³/mol. The Hall–Kier alpha value is -2.04. The van der Waals surface area contributed by atoms with E-state index in [-0.39, 0.29) is 11.8 Å². The molecule has 0 radical (unpaired) electrons. The van der Waals surface area contributed by atoms with Crippen LogP contribution in [0.5, 0.6) is 0 Å². The Morgan fingerprint density at radius 2 is 1.95 bits per heavy atom. The Morgan fingerprint density at radius 3 is 2.42 bits per heavy atom. The molecule has 0 saturated carbocycles. The second kappa shape index (κ2) is 5.30. The van der Waals surface area contributed by atoms with Crippen molar-refractivity contribution in [2.24, 2.45) is 11.7 Å². The van der Waals surface area contributed by atoms with Gasteiger partial charge >= 0.3 is 5.97 Å². The number of piperidine rings is 1. The second-order valence-electron chi connectivity index (χ2n) is 4.97. The SMILES string of the molecule is Cc1cc(C(=O)O)ccc1N1CCC(C(N)=O)CC1. The van der Waals surface area contributed by atoms with Crippen LogP contribution in [-0.4, -0.2) is 30.1 Å². The molecular weight excluding hydrogens is 244 g/mol. The topological polar surface area (TPSA) is 83.6 Å². The number of hydrogen-bond acceptors (Lipinski definition) is 3. The van der Waals surface area contributed by atoms with E-state index in [1.807, 2.05) is 13.0 Å². The van der Waals surface area contributed by atoms with E-state index in [1.54, 1.807) is 12.1 Å². The van der Waals surface area contributed by atoms with E-state index in [2.05, 4.69) is 4.90 Å². The van der Waals surface area contributed by atoms with Crippen molar-refractivity contribution in [2.45, 2.75) is 19.8 Å². The van der Waals surface area contributed by atoms with Gasteiger partial charge in [0.15, 0.2) is 0 Å². The molecule has 0 spiro atoms. The molecule has 102 valence electrons. The standard InChI is InChI=1S/C14H18N2O3/c1-9-8-11(14(18)19)2-3-12(9)16-6-4-10(5-7-16)13(15)17/h2-3,8,10H,4-7H2,1H3,(H2,15,17)(H,18,19). The fourth-order valence-corrected chi connectivity index (χ4v) is 2.55. The molecule has 0 unspecified atom stereocenters. The summed E-state index contributed by atoms with van der Waals surface area (Å²) in [5.41, 5.74) is 7.59. The third-order valence-electron chi connectivity index (χ3n) is 3.68. The highest BCUT2D eigenvalue weighted by Gasteiger charge is 2.24. The molecule has 1 aromatic carbocycles. The van der Waals surface area contributed by atoms with Crippen LogP contribution in [0.2, 0.25) is 0 Å². The normalized spacial score (nSPS) is 16.4. The molecule has 1 heterocycles. The summed E-state index contributed by atoms with van der Waals surface area (Å²) < 4.78 is 0. The molecule has 1 aliphatic heterocycles. The van der Waals surface area contributed by atoms with Crippen LogP contribution in [0, 0.1) is 12.8 Å². The first kappa shape index (κ1) is 13.4. The number of carboxylic acid groups (broad SMARTS) is 1. The van der Waals surface area contributed by atoms with Crippen LogP contribution in [0.3, 0.4) is 0 Å². The number of rotatable bonds is 3. The third-order valence-corrected chi connectivity index (χ3v) is 3.68. The van der Waals surface area contributed by atoms with Crippen molar-refractivity contribution in [3.63, 3.8) is 0 Å². The van der Waals surface area contributed by atoms with Gasteiger partial charge in [0.25, 0.3) is 0 Å². The zero-order valence-electron chi connectivity index (χ0n) is 10.9. The van der Waals surface area contributed by atoms with Gasteiger partial charge in [0.05, 0.1) is 5.56 Å². The molecule has 5 nitrogen and oxygen atoms in total. The maximum atomic E-state index is 11.1. The highest BCUT2D eigenvalue weighted by molar-refractivity contribution is 5.88. The molecule has 19 heavy (non-hydrogen) atoms. The molecule has 0 aromatic heterocycles. The maximum Gasteiger partial charge on any atom is 0.335 e. The first-order chi connectivity index (χ1) is 8.99. The number of carboxylic acids is 1. The monoisotopic (exact) mass is 262 g/mol. The maximum absolute atomic E-state index is 11.1. The number of anilines is 1. The summed E-state index contributed by atoms with van der Waals surface area (Å²) in [4.78, 5) is 24.2. The number of nitrogens with zero attached hydrogens (tertiary/aromatic N) is 1. The summed E-state index contributed by atoms with van der Waals surface area (Å²) in [7, 11) is 0. The number of amides is 1. The summed E-state index contributed by atoms with van der Waals surface area (Å²) in [5, 5.41) is 8.94. The fourth-order valence-electron chi connectivity index (χ4n) is 2.55. The van der Waals surface area contributed by atoms with Gasteiger partial charge in [0.1, 0.15) is 0 Å². The summed E-state index contributed by atoms with van der Waals surface area (Å²) in [5.74, 6) is -1.17. The number of carbonyl (C=O) groups excluding carboxylic acids is 1. The van der Waals surface area contributed by atoms with Gasteiger partial charge < -0.3 is 15.7 Å². The van der Waals surface area contributed by atoms with E-state index in [9.17, 15) is 9.59 Å². The Kier molecular flexibility index (Phi) is 3.74. The van der Waals surface area contributed by atoms with E-state index >= 15 is 0 Å². The Morgan fingerprint density at radius 1 is 1.32 bits per heavy atom. The quantitative estimate of drug-likeness (QED) is 0.862. The van der Waals surface area contributed by atoms with Crippen molar-refractivity contribution in [2.75, 3.05) is 18.0 Å². The van der Waals surface area contributed by atoms with Crippen LogP contribution < -0.4 is 10.6 Å². The summed E-state index contributed by atoms with van der Waals surface area (Å²) in [6.07, 6.45) is 1.52. The van der Waals surface area contributed by atoms with Gasteiger partial charge in [0, 0.05) is 24.7 Å². The molecule has 0 aliphatic carbocycles. The highest BCUT2D eigenvalue weighted by atomic mass is 16.4. The summed E-state index contributed by atoms with van der Waals surface area (Å²) >= 11 is 0. The van der Waals surface area contributed by atoms with Crippen molar-refractivity contribution >= 4 is 17.6 Å². The number of hydrogen-bond donors (Lipinski definition) is 2. The van der Waals surface area contributed by atoms with Crippen molar-refractivity contribution in [1.82, 2.24) is 0 Å². The lowest BCUT2D eigenvalue weighted by molar-refractivity contribution is -0.122.